The molecule has 1 heteroatoms. The molecule has 14 heavy (non-hydrogen) atoms. The summed E-state index contributed by atoms with van der Waals surface area (Å²) in [6.45, 7) is 12.2. The van der Waals surface area contributed by atoms with Crippen molar-refractivity contribution in [3.63, 3.8) is 0 Å². The predicted molar refractivity (Wildman–Crippen MR) is 65.7 cm³/mol. The van der Waals surface area contributed by atoms with E-state index >= 15 is 0 Å². The molecule has 0 aliphatic heterocycles. The first-order chi connectivity index (χ1) is 6.69. The van der Waals surface area contributed by atoms with Gasteiger partial charge in [-0.05, 0) is 38.6 Å². The molecular formula is C13H29N. The van der Waals surface area contributed by atoms with Crippen LogP contribution in [0.5, 0.6) is 0 Å². The Hall–Kier alpha value is -0.0400. The number of hydrogen-bond acceptors (Lipinski definition) is 1. The molecular weight excluding hydrogens is 170 g/mol. The monoisotopic (exact) mass is 199 g/mol. The van der Waals surface area contributed by atoms with Crippen LogP contribution in [0.15, 0.2) is 0 Å². The van der Waals surface area contributed by atoms with Crippen LogP contribution in [0.4, 0.5) is 0 Å². The Morgan fingerprint density at radius 2 is 2.00 bits per heavy atom. The second-order valence-electron chi connectivity index (χ2n) is 4.49. The van der Waals surface area contributed by atoms with E-state index in [9.17, 15) is 0 Å². The normalized spacial score (nSPS) is 31.1. The minimum Gasteiger partial charge on any atom is -0.311 e. The summed E-state index contributed by atoms with van der Waals surface area (Å²) in [6, 6.07) is 0. The lowest BCUT2D eigenvalue weighted by Gasteiger charge is -2.30. The quantitative estimate of drug-likeness (QED) is 0.675. The van der Waals surface area contributed by atoms with Gasteiger partial charge in [0.15, 0.2) is 0 Å². The van der Waals surface area contributed by atoms with Crippen molar-refractivity contribution in [3.05, 3.63) is 0 Å². The summed E-state index contributed by atoms with van der Waals surface area (Å²) in [7, 11) is 0. The standard InChI is InChI=1S/C11H23N.C2H6/c1-4-5-9-12-11(3)8-6-7-10(11)2;1-2/h10,12H,4-9H2,1-3H3;1-2H3. The van der Waals surface area contributed by atoms with Gasteiger partial charge in [-0.2, -0.15) is 0 Å². The SMILES string of the molecule is CC.CCCCNC1(C)CCCC1C. The average molecular weight is 199 g/mol. The van der Waals surface area contributed by atoms with E-state index in [0.717, 1.165) is 5.92 Å². The maximum absolute atomic E-state index is 3.71. The summed E-state index contributed by atoms with van der Waals surface area (Å²) >= 11 is 0. The summed E-state index contributed by atoms with van der Waals surface area (Å²) in [5.41, 5.74) is 0.454. The molecule has 1 N–H and O–H groups in total. The molecule has 0 saturated heterocycles. The van der Waals surface area contributed by atoms with Gasteiger partial charge in [0, 0.05) is 5.54 Å². The zero-order valence-corrected chi connectivity index (χ0v) is 10.8. The maximum Gasteiger partial charge on any atom is 0.0178 e. The fourth-order valence-corrected chi connectivity index (χ4v) is 2.15. The molecule has 0 aromatic heterocycles. The molecule has 1 rings (SSSR count). The molecule has 0 spiro atoms. The first-order valence-corrected chi connectivity index (χ1v) is 6.44. The zero-order valence-electron chi connectivity index (χ0n) is 10.8. The Morgan fingerprint density at radius 1 is 1.36 bits per heavy atom. The van der Waals surface area contributed by atoms with Gasteiger partial charge in [0.2, 0.25) is 0 Å². The lowest BCUT2D eigenvalue weighted by atomic mass is 9.90. The van der Waals surface area contributed by atoms with Gasteiger partial charge in [-0.25, -0.2) is 0 Å². The first-order valence-electron chi connectivity index (χ1n) is 6.44. The molecule has 0 amide bonds. The van der Waals surface area contributed by atoms with E-state index in [4.69, 9.17) is 0 Å². The smallest absolute Gasteiger partial charge is 0.0178 e. The summed E-state index contributed by atoms with van der Waals surface area (Å²) in [6.07, 6.45) is 6.82. The summed E-state index contributed by atoms with van der Waals surface area (Å²) in [4.78, 5) is 0. The minimum atomic E-state index is 0.454. The lowest BCUT2D eigenvalue weighted by Crippen LogP contribution is -2.44. The van der Waals surface area contributed by atoms with Crippen LogP contribution in [-0.2, 0) is 0 Å². The highest BCUT2D eigenvalue weighted by molar-refractivity contribution is 4.93. The van der Waals surface area contributed by atoms with Crippen LogP contribution in [0.25, 0.3) is 0 Å². The third-order valence-electron chi connectivity index (χ3n) is 3.48. The highest BCUT2D eigenvalue weighted by Gasteiger charge is 2.34. The number of rotatable bonds is 4. The van der Waals surface area contributed by atoms with Crippen LogP contribution < -0.4 is 5.32 Å². The van der Waals surface area contributed by atoms with Crippen LogP contribution in [-0.4, -0.2) is 12.1 Å². The molecule has 2 unspecified atom stereocenters. The van der Waals surface area contributed by atoms with Crippen molar-refractivity contribution in [3.8, 4) is 0 Å². The van der Waals surface area contributed by atoms with Crippen LogP contribution in [0.1, 0.15) is 66.7 Å². The highest BCUT2D eigenvalue weighted by atomic mass is 15.0. The van der Waals surface area contributed by atoms with E-state index in [2.05, 4.69) is 26.1 Å². The van der Waals surface area contributed by atoms with Gasteiger partial charge in [0.25, 0.3) is 0 Å². The van der Waals surface area contributed by atoms with E-state index < -0.39 is 0 Å². The third kappa shape index (κ3) is 4.00. The van der Waals surface area contributed by atoms with Gasteiger partial charge < -0.3 is 5.32 Å². The molecule has 0 radical (unpaired) electrons. The summed E-state index contributed by atoms with van der Waals surface area (Å²) in [5, 5.41) is 3.71. The minimum absolute atomic E-state index is 0.454. The predicted octanol–water partition coefficient (Wildman–Crippen LogP) is 3.98. The summed E-state index contributed by atoms with van der Waals surface area (Å²) < 4.78 is 0. The first kappa shape index (κ1) is 14.0. The Balaban J connectivity index is 0.000000791. The topological polar surface area (TPSA) is 12.0 Å². The molecule has 1 nitrogen and oxygen atoms in total. The van der Waals surface area contributed by atoms with Gasteiger partial charge >= 0.3 is 0 Å². The Kier molecular flexibility index (Phi) is 7.26. The van der Waals surface area contributed by atoms with Crippen molar-refractivity contribution < 1.29 is 0 Å². The fraction of sp³-hybridized carbons (Fsp3) is 1.00. The summed E-state index contributed by atoms with van der Waals surface area (Å²) in [5.74, 6) is 0.870. The van der Waals surface area contributed by atoms with Crippen LogP contribution in [0, 0.1) is 5.92 Å². The molecule has 1 saturated carbocycles. The van der Waals surface area contributed by atoms with Crippen LogP contribution in [0.3, 0.4) is 0 Å². The van der Waals surface area contributed by atoms with Crippen molar-refractivity contribution in [2.24, 2.45) is 5.92 Å². The third-order valence-corrected chi connectivity index (χ3v) is 3.48. The molecule has 86 valence electrons. The molecule has 0 bridgehead atoms. The van der Waals surface area contributed by atoms with Gasteiger partial charge in [0.1, 0.15) is 0 Å². The number of nitrogens with one attached hydrogen (secondary N) is 1. The molecule has 1 fully saturated rings. The van der Waals surface area contributed by atoms with E-state index in [0.29, 0.717) is 5.54 Å². The molecule has 0 heterocycles. The molecule has 1 aliphatic rings. The van der Waals surface area contributed by atoms with E-state index in [1.807, 2.05) is 13.8 Å². The Bertz CT molecular complexity index is 133. The second kappa shape index (κ2) is 7.28. The molecule has 0 aromatic carbocycles. The largest absolute Gasteiger partial charge is 0.311 e. The van der Waals surface area contributed by atoms with Crippen molar-refractivity contribution in [1.82, 2.24) is 5.32 Å². The molecule has 1 aliphatic carbocycles. The van der Waals surface area contributed by atoms with Crippen LogP contribution in [0.2, 0.25) is 0 Å². The maximum atomic E-state index is 3.71. The lowest BCUT2D eigenvalue weighted by molar-refractivity contribution is 0.285. The van der Waals surface area contributed by atoms with Gasteiger partial charge in [0.05, 0.1) is 0 Å². The zero-order chi connectivity index (χ0) is 11.0. The van der Waals surface area contributed by atoms with Gasteiger partial charge in [-0.3, -0.25) is 0 Å². The van der Waals surface area contributed by atoms with E-state index in [1.165, 1.54) is 38.6 Å². The van der Waals surface area contributed by atoms with Crippen LogP contribution >= 0.6 is 0 Å². The fourth-order valence-electron chi connectivity index (χ4n) is 2.15. The number of hydrogen-bond donors (Lipinski definition) is 1. The van der Waals surface area contributed by atoms with Crippen molar-refractivity contribution in [2.45, 2.75) is 72.3 Å². The second-order valence-corrected chi connectivity index (χ2v) is 4.49. The average Bonchev–Trinajstić information content (AvgIpc) is 2.51. The van der Waals surface area contributed by atoms with Gasteiger partial charge in [-0.1, -0.05) is 40.5 Å². The molecule has 0 aromatic rings. The number of unbranched alkanes of at least 4 members (excludes halogenated alkanes) is 1. The Labute approximate surface area is 90.7 Å². The van der Waals surface area contributed by atoms with Crippen molar-refractivity contribution in [2.75, 3.05) is 6.54 Å². The van der Waals surface area contributed by atoms with E-state index in [-0.39, 0.29) is 0 Å². The van der Waals surface area contributed by atoms with E-state index in [1.54, 1.807) is 0 Å². The van der Waals surface area contributed by atoms with Crippen molar-refractivity contribution in [1.29, 1.82) is 0 Å². The Morgan fingerprint density at radius 3 is 2.43 bits per heavy atom. The molecule has 2 atom stereocenters. The van der Waals surface area contributed by atoms with Gasteiger partial charge in [-0.15, -0.1) is 0 Å². The van der Waals surface area contributed by atoms with Crippen molar-refractivity contribution >= 4 is 0 Å². The highest BCUT2D eigenvalue weighted by Crippen LogP contribution is 2.34.